The molecule has 2 aliphatic rings. The van der Waals surface area contributed by atoms with Crippen molar-refractivity contribution in [1.82, 2.24) is 4.98 Å². The summed E-state index contributed by atoms with van der Waals surface area (Å²) < 4.78 is 15.9. The van der Waals surface area contributed by atoms with Crippen LogP contribution in [0.25, 0.3) is 11.1 Å². The lowest BCUT2D eigenvalue weighted by atomic mass is 9.86. The van der Waals surface area contributed by atoms with Crippen LogP contribution in [0, 0.1) is 0 Å². The fraction of sp³-hybridized carbons (Fsp3) is 0.368. The first kappa shape index (κ1) is 18.6. The summed E-state index contributed by atoms with van der Waals surface area (Å²) in [7, 11) is 1.22. The zero-order valence-corrected chi connectivity index (χ0v) is 14.9. The minimum atomic E-state index is -1.46. The fourth-order valence-electron chi connectivity index (χ4n) is 3.76. The number of benzene rings is 1. The van der Waals surface area contributed by atoms with Crippen molar-refractivity contribution in [1.29, 1.82) is 0 Å². The van der Waals surface area contributed by atoms with Gasteiger partial charge in [-0.1, -0.05) is 30.3 Å². The third-order valence-electron chi connectivity index (χ3n) is 5.09. The highest BCUT2D eigenvalue weighted by atomic mass is 16.6. The van der Waals surface area contributed by atoms with E-state index < -0.39 is 49.1 Å². The smallest absolute Gasteiger partial charge is 0.355 e. The molecule has 1 fully saturated rings. The Hall–Kier alpha value is -2.72. The number of hydrogen-bond donors (Lipinski definition) is 4. The molecule has 2 aromatic rings. The number of aliphatic hydroxyl groups is 3. The average Bonchev–Trinajstić information content (AvgIpc) is 3.13. The molecule has 2 aliphatic heterocycles. The van der Waals surface area contributed by atoms with Crippen LogP contribution in [-0.2, 0) is 14.2 Å². The molecular weight excluding hydrogens is 370 g/mol. The van der Waals surface area contributed by atoms with Gasteiger partial charge in [0.25, 0.3) is 0 Å². The van der Waals surface area contributed by atoms with Gasteiger partial charge in [0.1, 0.15) is 35.8 Å². The molecule has 0 bridgehead atoms. The van der Waals surface area contributed by atoms with Crippen LogP contribution in [0.1, 0.15) is 32.6 Å². The molecule has 0 unspecified atom stereocenters. The zero-order valence-electron chi connectivity index (χ0n) is 14.9. The number of H-pyrrole nitrogens is 1. The number of ether oxygens (including phenoxy) is 3. The van der Waals surface area contributed by atoms with Crippen molar-refractivity contribution < 1.29 is 39.1 Å². The van der Waals surface area contributed by atoms with Crippen LogP contribution in [0.4, 0.5) is 0 Å². The highest BCUT2D eigenvalue weighted by Gasteiger charge is 2.52. The van der Waals surface area contributed by atoms with Gasteiger partial charge in [0.15, 0.2) is 6.10 Å². The van der Waals surface area contributed by atoms with Gasteiger partial charge in [-0.3, -0.25) is 0 Å². The van der Waals surface area contributed by atoms with Crippen LogP contribution in [0.5, 0.6) is 0 Å². The number of carbonyl (C=O) groups is 2. The van der Waals surface area contributed by atoms with E-state index in [1.54, 1.807) is 30.3 Å². The highest BCUT2D eigenvalue weighted by molar-refractivity contribution is 6.02. The lowest BCUT2D eigenvalue weighted by molar-refractivity contribution is -0.234. The van der Waals surface area contributed by atoms with E-state index in [0.717, 1.165) is 0 Å². The molecule has 148 valence electrons. The second kappa shape index (κ2) is 7.02. The van der Waals surface area contributed by atoms with Crippen LogP contribution in [0.2, 0.25) is 0 Å². The fourth-order valence-corrected chi connectivity index (χ4v) is 3.76. The third-order valence-corrected chi connectivity index (χ3v) is 5.09. The van der Waals surface area contributed by atoms with Crippen molar-refractivity contribution in [2.75, 3.05) is 13.7 Å². The number of carbonyl (C=O) groups excluding carboxylic acids is 2. The lowest BCUT2D eigenvalue weighted by Gasteiger charge is -2.43. The van der Waals surface area contributed by atoms with E-state index >= 15 is 0 Å². The maximum Gasteiger partial charge on any atom is 0.355 e. The van der Waals surface area contributed by atoms with Crippen LogP contribution in [-0.4, -0.2) is 70.4 Å². The Labute approximate surface area is 159 Å². The molecule has 0 aliphatic carbocycles. The molecule has 4 rings (SSSR count). The standard InChI is InChI=1S/C19H19NO8/c1-26-18(24)12-10(8-5-3-2-4-6-8)11-13(20-12)19(25)28-17-15(23)14(22)9(7-21)27-16(11)17/h2-6,9,14-17,20-23H,7H2,1H3/t9-,14-,15+,16-,17-/m1/s1. The molecule has 5 atom stereocenters. The maximum absolute atomic E-state index is 12.5. The molecule has 0 amide bonds. The van der Waals surface area contributed by atoms with Gasteiger partial charge in [-0.15, -0.1) is 0 Å². The summed E-state index contributed by atoms with van der Waals surface area (Å²) in [4.78, 5) is 27.7. The second-order valence-electron chi connectivity index (χ2n) is 6.65. The Morgan fingerprint density at radius 2 is 1.93 bits per heavy atom. The minimum Gasteiger partial charge on any atom is -0.464 e. The van der Waals surface area contributed by atoms with Crippen LogP contribution in [0.3, 0.4) is 0 Å². The monoisotopic (exact) mass is 389 g/mol. The first-order valence-electron chi connectivity index (χ1n) is 8.71. The molecule has 9 nitrogen and oxygen atoms in total. The molecule has 1 aromatic carbocycles. The number of aromatic nitrogens is 1. The number of nitrogens with one attached hydrogen (secondary N) is 1. The van der Waals surface area contributed by atoms with E-state index in [2.05, 4.69) is 4.98 Å². The highest BCUT2D eigenvalue weighted by Crippen LogP contribution is 2.45. The number of hydrogen-bond acceptors (Lipinski definition) is 8. The van der Waals surface area contributed by atoms with E-state index in [1.165, 1.54) is 7.11 Å². The summed E-state index contributed by atoms with van der Waals surface area (Å²) in [5.74, 6) is -1.48. The summed E-state index contributed by atoms with van der Waals surface area (Å²) in [6, 6.07) is 8.85. The van der Waals surface area contributed by atoms with Crippen molar-refractivity contribution in [3.8, 4) is 11.1 Å². The quantitative estimate of drug-likeness (QED) is 0.545. The summed E-state index contributed by atoms with van der Waals surface area (Å²) in [6.45, 7) is -0.542. The summed E-state index contributed by atoms with van der Waals surface area (Å²) in [6.07, 6.45) is -6.16. The van der Waals surface area contributed by atoms with Crippen molar-refractivity contribution in [2.45, 2.75) is 30.5 Å². The van der Waals surface area contributed by atoms with Gasteiger partial charge in [-0.25, -0.2) is 9.59 Å². The summed E-state index contributed by atoms with van der Waals surface area (Å²) >= 11 is 0. The first-order chi connectivity index (χ1) is 13.5. The van der Waals surface area contributed by atoms with E-state index in [-0.39, 0.29) is 11.4 Å². The van der Waals surface area contributed by atoms with Crippen LogP contribution >= 0.6 is 0 Å². The lowest BCUT2D eigenvalue weighted by Crippen LogP contribution is -2.58. The van der Waals surface area contributed by atoms with E-state index in [0.29, 0.717) is 16.7 Å². The Morgan fingerprint density at radius 3 is 2.57 bits per heavy atom. The molecular formula is C19H19NO8. The van der Waals surface area contributed by atoms with Gasteiger partial charge < -0.3 is 34.5 Å². The van der Waals surface area contributed by atoms with Crippen LogP contribution < -0.4 is 0 Å². The molecule has 3 heterocycles. The van der Waals surface area contributed by atoms with Crippen molar-refractivity contribution in [2.24, 2.45) is 0 Å². The van der Waals surface area contributed by atoms with Gasteiger partial charge >= 0.3 is 11.9 Å². The third kappa shape index (κ3) is 2.71. The molecule has 28 heavy (non-hydrogen) atoms. The number of fused-ring (bicyclic) bond motifs is 3. The van der Waals surface area contributed by atoms with E-state index in [1.807, 2.05) is 0 Å². The largest absolute Gasteiger partial charge is 0.464 e. The van der Waals surface area contributed by atoms with Gasteiger partial charge in [0, 0.05) is 11.1 Å². The summed E-state index contributed by atoms with van der Waals surface area (Å²) in [5, 5.41) is 30.0. The Bertz CT molecular complexity index is 908. The molecule has 1 saturated heterocycles. The number of aromatic amines is 1. The topological polar surface area (TPSA) is 138 Å². The Balaban J connectivity index is 1.94. The number of rotatable bonds is 3. The van der Waals surface area contributed by atoms with Crippen molar-refractivity contribution in [3.05, 3.63) is 47.3 Å². The Kier molecular flexibility index (Phi) is 4.68. The number of methoxy groups -OCH3 is 1. The predicted molar refractivity (Wildman–Crippen MR) is 93.5 cm³/mol. The molecule has 0 radical (unpaired) electrons. The average molecular weight is 389 g/mol. The van der Waals surface area contributed by atoms with Gasteiger partial charge in [-0.2, -0.15) is 0 Å². The van der Waals surface area contributed by atoms with Crippen molar-refractivity contribution >= 4 is 11.9 Å². The Morgan fingerprint density at radius 1 is 1.21 bits per heavy atom. The minimum absolute atomic E-state index is 0.000725. The van der Waals surface area contributed by atoms with Gasteiger partial charge in [-0.05, 0) is 5.56 Å². The van der Waals surface area contributed by atoms with Crippen LogP contribution in [0.15, 0.2) is 30.3 Å². The molecule has 1 aromatic heterocycles. The normalized spacial score (nSPS) is 28.9. The number of esters is 2. The zero-order chi connectivity index (χ0) is 20.0. The van der Waals surface area contributed by atoms with Gasteiger partial charge in [0.05, 0.1) is 13.7 Å². The molecule has 0 spiro atoms. The van der Waals surface area contributed by atoms with E-state index in [9.17, 15) is 24.9 Å². The maximum atomic E-state index is 12.5. The number of aliphatic hydroxyl groups excluding tert-OH is 3. The molecule has 4 N–H and O–H groups in total. The summed E-state index contributed by atoms with van der Waals surface area (Å²) in [5.41, 5.74) is 1.37. The molecule has 9 heteroatoms. The van der Waals surface area contributed by atoms with Crippen molar-refractivity contribution in [3.63, 3.8) is 0 Å². The SMILES string of the molecule is COC(=O)c1[nH]c2c(c1-c1ccccc1)[C@H]1O[C@H](CO)[C@@H](O)[C@H](O)[C@H]1OC2=O. The van der Waals surface area contributed by atoms with Gasteiger partial charge in [0.2, 0.25) is 0 Å². The predicted octanol–water partition coefficient (Wildman–Crippen LogP) is 0.161. The molecule has 0 saturated carbocycles. The first-order valence-corrected chi connectivity index (χ1v) is 8.71. The second-order valence-corrected chi connectivity index (χ2v) is 6.65. The van der Waals surface area contributed by atoms with E-state index in [4.69, 9.17) is 14.2 Å².